The van der Waals surface area contributed by atoms with Gasteiger partial charge < -0.3 is 25.4 Å². The van der Waals surface area contributed by atoms with E-state index in [-0.39, 0.29) is 0 Å². The van der Waals surface area contributed by atoms with Crippen molar-refractivity contribution >= 4 is 28.8 Å². The van der Waals surface area contributed by atoms with Crippen LogP contribution in [0, 0.1) is 0 Å². The lowest BCUT2D eigenvalue weighted by atomic mass is 10.1. The van der Waals surface area contributed by atoms with Crippen LogP contribution in [0.4, 0.5) is 11.5 Å². The van der Waals surface area contributed by atoms with Crippen molar-refractivity contribution in [3.05, 3.63) is 41.6 Å². The molecule has 0 amide bonds. The first-order valence-electron chi connectivity index (χ1n) is 8.96. The Balaban J connectivity index is 1.31. The lowest BCUT2D eigenvalue weighted by molar-refractivity contribution is 0.172. The van der Waals surface area contributed by atoms with E-state index in [1.54, 1.807) is 0 Å². The second-order valence-electron chi connectivity index (χ2n) is 6.30. The van der Waals surface area contributed by atoms with Gasteiger partial charge in [-0.1, -0.05) is 12.1 Å². The Morgan fingerprint density at radius 1 is 1.19 bits per heavy atom. The number of nitrogens with one attached hydrogen (secondary N) is 3. The highest BCUT2D eigenvalue weighted by atomic mass is 32.1. The molecule has 1 aromatic heterocycles. The van der Waals surface area contributed by atoms with Gasteiger partial charge in [-0.15, -0.1) is 0 Å². The molecule has 6 nitrogen and oxygen atoms in total. The fourth-order valence-corrected chi connectivity index (χ4v) is 3.36. The van der Waals surface area contributed by atoms with Crippen molar-refractivity contribution < 1.29 is 9.47 Å². The summed E-state index contributed by atoms with van der Waals surface area (Å²) >= 11 is 5.40. The Kier molecular flexibility index (Phi) is 5.06. The summed E-state index contributed by atoms with van der Waals surface area (Å²) < 4.78 is 11.3. The summed E-state index contributed by atoms with van der Waals surface area (Å²) in [6.07, 6.45) is 3.09. The molecule has 3 N–H and O–H groups in total. The molecule has 2 aliphatic rings. The Labute approximate surface area is 158 Å². The molecule has 0 atom stereocenters. The van der Waals surface area contributed by atoms with Crippen LogP contribution in [0.25, 0.3) is 0 Å². The van der Waals surface area contributed by atoms with Crippen molar-refractivity contribution in [1.29, 1.82) is 0 Å². The molecule has 1 aromatic carbocycles. The molecule has 0 fully saturated rings. The number of aromatic nitrogens is 1. The van der Waals surface area contributed by atoms with Gasteiger partial charge >= 0.3 is 0 Å². The number of nitrogens with zero attached hydrogens (tertiary/aromatic N) is 1. The number of benzene rings is 1. The quantitative estimate of drug-likeness (QED) is 0.715. The van der Waals surface area contributed by atoms with E-state index in [1.807, 2.05) is 18.2 Å². The number of thiocarbonyl (C=S) groups is 1. The molecule has 26 heavy (non-hydrogen) atoms. The first kappa shape index (κ1) is 16.9. The van der Waals surface area contributed by atoms with Crippen LogP contribution in [0.2, 0.25) is 0 Å². The predicted octanol–water partition coefficient (Wildman–Crippen LogP) is 2.74. The average molecular weight is 370 g/mol. The maximum absolute atomic E-state index is 5.69. The van der Waals surface area contributed by atoms with Crippen LogP contribution in [0.15, 0.2) is 30.3 Å². The van der Waals surface area contributed by atoms with Gasteiger partial charge in [0.15, 0.2) is 16.6 Å². The van der Waals surface area contributed by atoms with Crippen molar-refractivity contribution in [2.75, 3.05) is 36.9 Å². The second kappa shape index (κ2) is 7.78. The Hall–Kier alpha value is -2.54. The molecule has 136 valence electrons. The summed E-state index contributed by atoms with van der Waals surface area (Å²) in [5.74, 6) is 2.49. The minimum Gasteiger partial charge on any atom is -0.486 e. The molecule has 3 heterocycles. The number of para-hydroxylation sites is 1. The SMILES string of the molecule is S=C(NCCc1ccc2c(n1)NCCC2)Nc1cccc2c1OCCO2. The maximum Gasteiger partial charge on any atom is 0.184 e. The first-order valence-corrected chi connectivity index (χ1v) is 9.36. The lowest BCUT2D eigenvalue weighted by Gasteiger charge is -2.21. The molecule has 4 rings (SSSR count). The van der Waals surface area contributed by atoms with Crippen LogP contribution in [0.1, 0.15) is 17.7 Å². The largest absolute Gasteiger partial charge is 0.486 e. The minimum atomic E-state index is 0.546. The predicted molar refractivity (Wildman–Crippen MR) is 106 cm³/mol. The van der Waals surface area contributed by atoms with Gasteiger partial charge in [0.1, 0.15) is 19.0 Å². The summed E-state index contributed by atoms with van der Waals surface area (Å²) in [6, 6.07) is 10.0. The maximum atomic E-state index is 5.69. The highest BCUT2D eigenvalue weighted by Crippen LogP contribution is 2.37. The molecule has 2 aromatic rings. The van der Waals surface area contributed by atoms with Gasteiger partial charge in [0.25, 0.3) is 0 Å². The number of ether oxygens (including phenoxy) is 2. The molecule has 0 bridgehead atoms. The first-order chi connectivity index (χ1) is 12.8. The molecule has 0 spiro atoms. The zero-order chi connectivity index (χ0) is 17.8. The normalized spacial score (nSPS) is 14.8. The summed E-state index contributed by atoms with van der Waals surface area (Å²) in [5.41, 5.74) is 3.18. The van der Waals surface area contributed by atoms with E-state index >= 15 is 0 Å². The number of rotatable bonds is 4. The number of hydrogen-bond acceptors (Lipinski definition) is 5. The lowest BCUT2D eigenvalue weighted by Crippen LogP contribution is -2.31. The van der Waals surface area contributed by atoms with E-state index < -0.39 is 0 Å². The molecule has 0 saturated heterocycles. The van der Waals surface area contributed by atoms with Crippen LogP contribution in [0.5, 0.6) is 11.5 Å². The third-order valence-electron chi connectivity index (χ3n) is 4.43. The van der Waals surface area contributed by atoms with Crippen molar-refractivity contribution in [2.24, 2.45) is 0 Å². The number of anilines is 2. The minimum absolute atomic E-state index is 0.546. The molecular weight excluding hydrogens is 348 g/mol. The van der Waals surface area contributed by atoms with Crippen molar-refractivity contribution in [1.82, 2.24) is 10.3 Å². The fraction of sp³-hybridized carbons (Fsp3) is 0.368. The monoisotopic (exact) mass is 370 g/mol. The number of hydrogen-bond donors (Lipinski definition) is 3. The van der Waals surface area contributed by atoms with Gasteiger partial charge in [0.05, 0.1) is 5.69 Å². The van der Waals surface area contributed by atoms with Crippen LogP contribution in [-0.2, 0) is 12.8 Å². The van der Waals surface area contributed by atoms with E-state index in [2.05, 4.69) is 28.1 Å². The van der Waals surface area contributed by atoms with Gasteiger partial charge in [-0.3, -0.25) is 0 Å². The van der Waals surface area contributed by atoms with Gasteiger partial charge in [-0.25, -0.2) is 4.98 Å². The molecule has 7 heteroatoms. The number of aryl methyl sites for hydroxylation is 1. The zero-order valence-corrected chi connectivity index (χ0v) is 15.3. The standard InChI is InChI=1S/C19H22N4O2S/c26-19(23-15-4-1-5-16-17(15)25-12-11-24-16)21-10-8-14-7-6-13-3-2-9-20-18(13)22-14/h1,4-7H,2-3,8-12H2,(H,20,22)(H2,21,23,26). The highest BCUT2D eigenvalue weighted by Gasteiger charge is 2.16. The number of fused-ring (bicyclic) bond motifs is 2. The van der Waals surface area contributed by atoms with E-state index in [4.69, 9.17) is 26.7 Å². The third kappa shape index (κ3) is 3.83. The zero-order valence-electron chi connectivity index (χ0n) is 14.5. The molecular formula is C19H22N4O2S. The van der Waals surface area contributed by atoms with Gasteiger partial charge in [0.2, 0.25) is 0 Å². The summed E-state index contributed by atoms with van der Waals surface area (Å²) in [5, 5.41) is 10.3. The van der Waals surface area contributed by atoms with Gasteiger partial charge in [-0.2, -0.15) is 0 Å². The van der Waals surface area contributed by atoms with Crippen LogP contribution in [0.3, 0.4) is 0 Å². The van der Waals surface area contributed by atoms with E-state index in [9.17, 15) is 0 Å². The topological polar surface area (TPSA) is 67.4 Å². The molecule has 0 unspecified atom stereocenters. The van der Waals surface area contributed by atoms with Gasteiger partial charge in [0, 0.05) is 25.2 Å². The van der Waals surface area contributed by atoms with Crippen LogP contribution >= 0.6 is 12.2 Å². The molecule has 2 aliphatic heterocycles. The van der Waals surface area contributed by atoms with E-state index in [0.29, 0.717) is 30.6 Å². The van der Waals surface area contributed by atoms with E-state index in [0.717, 1.165) is 42.3 Å². The Morgan fingerprint density at radius 2 is 2.12 bits per heavy atom. The molecule has 0 saturated carbocycles. The average Bonchev–Trinajstić information content (AvgIpc) is 2.68. The number of pyridine rings is 1. The third-order valence-corrected chi connectivity index (χ3v) is 4.68. The Morgan fingerprint density at radius 3 is 3.08 bits per heavy atom. The van der Waals surface area contributed by atoms with Crippen molar-refractivity contribution in [2.45, 2.75) is 19.3 Å². The van der Waals surface area contributed by atoms with E-state index in [1.165, 1.54) is 12.0 Å². The second-order valence-corrected chi connectivity index (χ2v) is 6.71. The summed E-state index contributed by atoms with van der Waals surface area (Å²) in [4.78, 5) is 4.70. The van der Waals surface area contributed by atoms with Crippen molar-refractivity contribution in [3.8, 4) is 11.5 Å². The van der Waals surface area contributed by atoms with Gasteiger partial charge in [-0.05, 0) is 48.8 Å². The fourth-order valence-electron chi connectivity index (χ4n) is 3.15. The summed E-state index contributed by atoms with van der Waals surface area (Å²) in [6.45, 7) is 2.83. The Bertz CT molecular complexity index is 812. The van der Waals surface area contributed by atoms with Crippen molar-refractivity contribution in [3.63, 3.8) is 0 Å². The molecule has 0 radical (unpaired) electrons. The summed E-state index contributed by atoms with van der Waals surface area (Å²) in [7, 11) is 0. The van der Waals surface area contributed by atoms with Crippen LogP contribution < -0.4 is 25.4 Å². The highest BCUT2D eigenvalue weighted by molar-refractivity contribution is 7.80. The smallest absolute Gasteiger partial charge is 0.184 e. The molecule has 0 aliphatic carbocycles. The van der Waals surface area contributed by atoms with Crippen LogP contribution in [-0.4, -0.2) is 36.4 Å².